The number of amides is 1. The number of unbranched alkanes of at least 4 members (excludes halogenated alkanes) is 52. The summed E-state index contributed by atoms with van der Waals surface area (Å²) in [6.07, 6.45) is 93.6. The third-order valence-corrected chi connectivity index (χ3v) is 17.0. The summed E-state index contributed by atoms with van der Waals surface area (Å²) in [6.45, 7) is 4.86. The van der Waals surface area contributed by atoms with Gasteiger partial charge in [-0.05, 0) is 83.5 Å². The van der Waals surface area contributed by atoms with Crippen molar-refractivity contribution in [2.24, 2.45) is 0 Å². The number of hydrogen-bond acceptors (Lipinski definition) is 5. The third-order valence-electron chi connectivity index (χ3n) is 17.0. The average Bonchev–Trinajstić information content (AvgIpc) is 3.48. The highest BCUT2D eigenvalue weighted by molar-refractivity contribution is 5.76. The van der Waals surface area contributed by atoms with Gasteiger partial charge in [0.05, 0.1) is 25.4 Å². The van der Waals surface area contributed by atoms with E-state index in [1.807, 2.05) is 6.08 Å². The maximum absolute atomic E-state index is 12.5. The van der Waals surface area contributed by atoms with Gasteiger partial charge in [0.2, 0.25) is 5.91 Å². The molecule has 0 radical (unpaired) electrons. The number of aliphatic hydroxyl groups is 2. The second kappa shape index (κ2) is 71.3. The van der Waals surface area contributed by atoms with Gasteiger partial charge in [-0.3, -0.25) is 9.59 Å². The molecular formula is C76H143NO5. The molecule has 0 saturated carbocycles. The van der Waals surface area contributed by atoms with Gasteiger partial charge in [0.25, 0.3) is 0 Å². The number of allylic oxidation sites excluding steroid dienone is 7. The lowest BCUT2D eigenvalue weighted by Crippen LogP contribution is -2.45. The van der Waals surface area contributed by atoms with Crippen molar-refractivity contribution in [3.05, 3.63) is 48.6 Å². The van der Waals surface area contributed by atoms with Crippen LogP contribution in [0.5, 0.6) is 0 Å². The molecule has 0 aliphatic heterocycles. The Morgan fingerprint density at radius 1 is 0.341 bits per heavy atom. The fourth-order valence-electron chi connectivity index (χ4n) is 11.4. The SMILES string of the molecule is CCC/C=C\C/C=C\CCCCCCCC(=O)OCCCCCCCCCCCCCCCCCC/C=C\CCCCCCCCCCCCCCCCCCCC(=O)NC(CO)C(O)/C=C/CCCCCCCCCCCCCCC. The Morgan fingerprint density at radius 3 is 0.988 bits per heavy atom. The molecule has 0 rings (SSSR count). The molecule has 0 aromatic heterocycles. The Labute approximate surface area is 512 Å². The maximum atomic E-state index is 12.5. The van der Waals surface area contributed by atoms with Gasteiger partial charge in [0.15, 0.2) is 0 Å². The van der Waals surface area contributed by atoms with E-state index in [2.05, 4.69) is 55.6 Å². The van der Waals surface area contributed by atoms with E-state index in [1.165, 1.54) is 321 Å². The first kappa shape index (κ1) is 79.8. The van der Waals surface area contributed by atoms with Crippen molar-refractivity contribution in [2.45, 2.75) is 411 Å². The smallest absolute Gasteiger partial charge is 0.305 e. The molecule has 1 amide bonds. The van der Waals surface area contributed by atoms with Crippen LogP contribution in [0.15, 0.2) is 48.6 Å². The number of esters is 1. The molecule has 0 aromatic rings. The van der Waals surface area contributed by atoms with E-state index in [9.17, 15) is 19.8 Å². The van der Waals surface area contributed by atoms with Gasteiger partial charge in [0.1, 0.15) is 0 Å². The van der Waals surface area contributed by atoms with Gasteiger partial charge in [-0.1, -0.05) is 351 Å². The first-order chi connectivity index (χ1) is 40.5. The number of rotatable bonds is 69. The van der Waals surface area contributed by atoms with Gasteiger partial charge in [-0.2, -0.15) is 0 Å². The number of nitrogens with one attached hydrogen (secondary N) is 1. The normalized spacial score (nSPS) is 12.8. The number of hydrogen-bond donors (Lipinski definition) is 3. The molecule has 0 spiro atoms. The zero-order valence-corrected chi connectivity index (χ0v) is 55.2. The fraction of sp³-hybridized carbons (Fsp3) is 0.868. The number of carbonyl (C=O) groups excluding carboxylic acids is 2. The summed E-state index contributed by atoms with van der Waals surface area (Å²) in [5.41, 5.74) is 0. The van der Waals surface area contributed by atoms with Crippen LogP contribution in [0.1, 0.15) is 399 Å². The molecule has 0 heterocycles. The topological polar surface area (TPSA) is 95.9 Å². The second-order valence-corrected chi connectivity index (χ2v) is 25.3. The quantitative estimate of drug-likeness (QED) is 0.0320. The lowest BCUT2D eigenvalue weighted by atomic mass is 10.0. The maximum Gasteiger partial charge on any atom is 0.305 e. The van der Waals surface area contributed by atoms with E-state index in [4.69, 9.17) is 4.74 Å². The first-order valence-electron chi connectivity index (χ1n) is 36.9. The molecular weight excluding hydrogens is 1010 g/mol. The van der Waals surface area contributed by atoms with Crippen molar-refractivity contribution in [1.29, 1.82) is 0 Å². The van der Waals surface area contributed by atoms with Crippen LogP contribution < -0.4 is 5.32 Å². The second-order valence-electron chi connectivity index (χ2n) is 25.3. The van der Waals surface area contributed by atoms with E-state index >= 15 is 0 Å². The molecule has 0 saturated heterocycles. The summed E-state index contributed by atoms with van der Waals surface area (Å²) >= 11 is 0. The first-order valence-corrected chi connectivity index (χ1v) is 36.9. The molecule has 0 aliphatic carbocycles. The van der Waals surface area contributed by atoms with Crippen LogP contribution in [0.3, 0.4) is 0 Å². The molecule has 482 valence electrons. The van der Waals surface area contributed by atoms with Gasteiger partial charge >= 0.3 is 5.97 Å². The molecule has 0 aromatic carbocycles. The van der Waals surface area contributed by atoms with Crippen LogP contribution in [-0.4, -0.2) is 47.4 Å². The van der Waals surface area contributed by atoms with E-state index in [-0.39, 0.29) is 18.5 Å². The zero-order chi connectivity index (χ0) is 59.2. The largest absolute Gasteiger partial charge is 0.466 e. The van der Waals surface area contributed by atoms with Crippen molar-refractivity contribution < 1.29 is 24.5 Å². The van der Waals surface area contributed by atoms with Gasteiger partial charge in [0, 0.05) is 12.8 Å². The Balaban J connectivity index is 3.34. The molecule has 2 unspecified atom stereocenters. The van der Waals surface area contributed by atoms with Crippen molar-refractivity contribution in [3.63, 3.8) is 0 Å². The van der Waals surface area contributed by atoms with Crippen LogP contribution in [-0.2, 0) is 14.3 Å². The Kier molecular flexibility index (Phi) is 69.4. The molecule has 82 heavy (non-hydrogen) atoms. The standard InChI is InChI=1S/C76H143NO5/c1-3-5-7-9-11-13-15-17-41-45-48-52-56-60-64-68-74(79)73(72-78)77-75(80)69-65-61-57-53-49-46-42-39-37-35-33-31-29-27-25-23-21-19-18-20-22-24-26-28-30-32-34-36-38-40-43-47-51-55-59-63-67-71-82-76(81)70-66-62-58-54-50-44-16-14-12-10-8-6-4-2/h8,10,14,16,18,20,64,68,73-74,78-79H,3-7,9,11-13,15,17,19,21-63,65-67,69-72H2,1-2H3,(H,77,80)/b10-8-,16-14-,20-18-,68-64+. The van der Waals surface area contributed by atoms with Crippen LogP contribution >= 0.6 is 0 Å². The average molecular weight is 1150 g/mol. The molecule has 0 bridgehead atoms. The minimum absolute atomic E-state index is 0.00587. The number of ether oxygens (including phenoxy) is 1. The summed E-state index contributed by atoms with van der Waals surface area (Å²) < 4.78 is 5.48. The summed E-state index contributed by atoms with van der Waals surface area (Å²) in [4.78, 5) is 24.5. The van der Waals surface area contributed by atoms with Crippen molar-refractivity contribution in [3.8, 4) is 0 Å². The van der Waals surface area contributed by atoms with Crippen molar-refractivity contribution in [2.75, 3.05) is 13.2 Å². The van der Waals surface area contributed by atoms with E-state index in [0.717, 1.165) is 51.4 Å². The minimum atomic E-state index is -0.842. The van der Waals surface area contributed by atoms with E-state index in [1.54, 1.807) is 6.08 Å². The van der Waals surface area contributed by atoms with Crippen LogP contribution in [0.25, 0.3) is 0 Å². The van der Waals surface area contributed by atoms with Gasteiger partial charge in [-0.15, -0.1) is 0 Å². The van der Waals surface area contributed by atoms with Crippen LogP contribution in [0, 0.1) is 0 Å². The van der Waals surface area contributed by atoms with Crippen LogP contribution in [0.4, 0.5) is 0 Å². The number of aliphatic hydroxyl groups excluding tert-OH is 2. The monoisotopic (exact) mass is 1150 g/mol. The lowest BCUT2D eigenvalue weighted by molar-refractivity contribution is -0.143. The molecule has 0 fully saturated rings. The molecule has 6 nitrogen and oxygen atoms in total. The third kappa shape index (κ3) is 67.0. The summed E-state index contributed by atoms with van der Waals surface area (Å²) in [7, 11) is 0. The molecule has 6 heteroatoms. The van der Waals surface area contributed by atoms with Gasteiger partial charge < -0.3 is 20.3 Å². The highest BCUT2D eigenvalue weighted by Gasteiger charge is 2.18. The summed E-state index contributed by atoms with van der Waals surface area (Å²) in [5, 5.41) is 23.2. The number of carbonyl (C=O) groups is 2. The molecule has 3 N–H and O–H groups in total. The molecule has 2 atom stereocenters. The minimum Gasteiger partial charge on any atom is -0.466 e. The predicted molar refractivity (Wildman–Crippen MR) is 361 cm³/mol. The summed E-state index contributed by atoms with van der Waals surface area (Å²) in [6, 6.07) is -0.625. The Hall–Kier alpha value is -2.18. The van der Waals surface area contributed by atoms with Crippen molar-refractivity contribution >= 4 is 11.9 Å². The van der Waals surface area contributed by atoms with Crippen LogP contribution in [0.2, 0.25) is 0 Å². The fourth-order valence-corrected chi connectivity index (χ4v) is 11.4. The highest BCUT2D eigenvalue weighted by Crippen LogP contribution is 2.19. The van der Waals surface area contributed by atoms with E-state index < -0.39 is 12.1 Å². The Morgan fingerprint density at radius 2 is 0.634 bits per heavy atom. The Bertz CT molecular complexity index is 1370. The predicted octanol–water partition coefficient (Wildman–Crippen LogP) is 24.0. The lowest BCUT2D eigenvalue weighted by Gasteiger charge is -2.20. The summed E-state index contributed by atoms with van der Waals surface area (Å²) in [5.74, 6) is -0.0560. The highest BCUT2D eigenvalue weighted by atomic mass is 16.5. The molecule has 0 aliphatic rings. The van der Waals surface area contributed by atoms with Gasteiger partial charge in [-0.25, -0.2) is 0 Å². The van der Waals surface area contributed by atoms with Crippen molar-refractivity contribution in [1.82, 2.24) is 5.32 Å². The zero-order valence-electron chi connectivity index (χ0n) is 55.2. The van der Waals surface area contributed by atoms with E-state index in [0.29, 0.717) is 19.4 Å².